The quantitative estimate of drug-likeness (QED) is 0.797. The molecule has 0 spiro atoms. The van der Waals surface area contributed by atoms with Crippen molar-refractivity contribution in [3.8, 4) is 0 Å². The summed E-state index contributed by atoms with van der Waals surface area (Å²) in [5.74, 6) is 0.260. The van der Waals surface area contributed by atoms with E-state index in [1.165, 1.54) is 0 Å². The molecule has 7 heteroatoms. The minimum atomic E-state index is -0.289. The second-order valence-corrected chi connectivity index (χ2v) is 6.36. The normalized spacial score (nSPS) is 22.7. The summed E-state index contributed by atoms with van der Waals surface area (Å²) < 4.78 is 11.3. The van der Waals surface area contributed by atoms with Crippen LogP contribution in [0, 0.1) is 0 Å². The fourth-order valence-corrected chi connectivity index (χ4v) is 3.21. The van der Waals surface area contributed by atoms with E-state index in [9.17, 15) is 9.59 Å². The van der Waals surface area contributed by atoms with Crippen LogP contribution in [-0.2, 0) is 9.53 Å². The van der Waals surface area contributed by atoms with E-state index in [0.717, 1.165) is 19.3 Å². The minimum absolute atomic E-state index is 0.0625. The molecule has 1 aromatic heterocycles. The first-order valence-electron chi connectivity index (χ1n) is 7.60. The van der Waals surface area contributed by atoms with Gasteiger partial charge in [0.1, 0.15) is 6.10 Å². The Balaban J connectivity index is 1.59. The Morgan fingerprint density at radius 3 is 2.55 bits per heavy atom. The third kappa shape index (κ3) is 3.35. The summed E-state index contributed by atoms with van der Waals surface area (Å²) in [5, 5.41) is 0. The van der Waals surface area contributed by atoms with Gasteiger partial charge in [-0.3, -0.25) is 9.59 Å². The summed E-state index contributed by atoms with van der Waals surface area (Å²) >= 11 is 3.20. The van der Waals surface area contributed by atoms with Crippen molar-refractivity contribution in [2.45, 2.75) is 25.4 Å². The molecule has 22 heavy (non-hydrogen) atoms. The number of hydrogen-bond acceptors (Lipinski definition) is 4. The molecule has 0 radical (unpaired) electrons. The number of halogens is 1. The summed E-state index contributed by atoms with van der Waals surface area (Å²) in [6, 6.07) is 3.37. The lowest BCUT2D eigenvalue weighted by Gasteiger charge is -2.24. The van der Waals surface area contributed by atoms with Crippen LogP contribution in [0.2, 0.25) is 0 Å². The predicted octanol–water partition coefficient (Wildman–Crippen LogP) is 1.90. The highest BCUT2D eigenvalue weighted by atomic mass is 79.9. The van der Waals surface area contributed by atoms with Crippen molar-refractivity contribution in [2.75, 3.05) is 32.8 Å². The van der Waals surface area contributed by atoms with Gasteiger partial charge in [-0.2, -0.15) is 0 Å². The molecule has 6 nitrogen and oxygen atoms in total. The van der Waals surface area contributed by atoms with Gasteiger partial charge in [-0.1, -0.05) is 0 Å². The van der Waals surface area contributed by atoms with Gasteiger partial charge in [0.15, 0.2) is 10.4 Å². The van der Waals surface area contributed by atoms with Gasteiger partial charge in [0.25, 0.3) is 11.8 Å². The van der Waals surface area contributed by atoms with Crippen molar-refractivity contribution < 1.29 is 18.7 Å². The van der Waals surface area contributed by atoms with Crippen molar-refractivity contribution in [3.05, 3.63) is 22.6 Å². The average Bonchev–Trinajstić information content (AvgIpc) is 3.13. The zero-order chi connectivity index (χ0) is 15.5. The number of carbonyl (C=O) groups excluding carboxylic acids is 2. The van der Waals surface area contributed by atoms with E-state index < -0.39 is 0 Å². The average molecular weight is 371 g/mol. The van der Waals surface area contributed by atoms with Crippen molar-refractivity contribution in [2.24, 2.45) is 0 Å². The number of ether oxygens (including phenoxy) is 1. The summed E-state index contributed by atoms with van der Waals surface area (Å²) in [5.41, 5.74) is 0. The molecule has 0 saturated carbocycles. The second kappa shape index (κ2) is 6.83. The lowest BCUT2D eigenvalue weighted by molar-refractivity contribution is -0.140. The van der Waals surface area contributed by atoms with Crippen molar-refractivity contribution in [1.82, 2.24) is 9.80 Å². The van der Waals surface area contributed by atoms with E-state index in [-0.39, 0.29) is 17.9 Å². The van der Waals surface area contributed by atoms with E-state index in [1.807, 2.05) is 4.90 Å². The van der Waals surface area contributed by atoms with E-state index in [4.69, 9.17) is 9.15 Å². The lowest BCUT2D eigenvalue weighted by Crippen LogP contribution is -2.41. The maximum Gasteiger partial charge on any atom is 0.289 e. The molecule has 2 amide bonds. The number of nitrogens with zero attached hydrogens (tertiary/aromatic N) is 2. The smallest absolute Gasteiger partial charge is 0.289 e. The summed E-state index contributed by atoms with van der Waals surface area (Å²) in [6.45, 7) is 3.04. The third-order valence-corrected chi connectivity index (χ3v) is 4.51. The molecule has 0 aromatic carbocycles. The van der Waals surface area contributed by atoms with Gasteiger partial charge in [-0.25, -0.2) is 0 Å². The van der Waals surface area contributed by atoms with E-state index in [1.54, 1.807) is 17.0 Å². The number of furan rings is 1. The molecule has 0 N–H and O–H groups in total. The first-order chi connectivity index (χ1) is 10.6. The Hall–Kier alpha value is -1.34. The monoisotopic (exact) mass is 370 g/mol. The van der Waals surface area contributed by atoms with Crippen LogP contribution in [0.15, 0.2) is 21.2 Å². The van der Waals surface area contributed by atoms with Crippen LogP contribution in [0.25, 0.3) is 0 Å². The lowest BCUT2D eigenvalue weighted by atomic mass is 10.2. The van der Waals surface area contributed by atoms with Crippen LogP contribution in [0.3, 0.4) is 0 Å². The Morgan fingerprint density at radius 2 is 1.86 bits per heavy atom. The highest BCUT2D eigenvalue weighted by Crippen LogP contribution is 2.18. The largest absolute Gasteiger partial charge is 0.444 e. The van der Waals surface area contributed by atoms with Crippen LogP contribution >= 0.6 is 15.9 Å². The van der Waals surface area contributed by atoms with Gasteiger partial charge in [0.2, 0.25) is 0 Å². The van der Waals surface area contributed by atoms with Crippen molar-refractivity contribution in [3.63, 3.8) is 0 Å². The number of hydrogen-bond donors (Lipinski definition) is 0. The molecule has 3 heterocycles. The second-order valence-electron chi connectivity index (χ2n) is 5.58. The van der Waals surface area contributed by atoms with Crippen LogP contribution in [-0.4, -0.2) is 60.5 Å². The van der Waals surface area contributed by atoms with Crippen molar-refractivity contribution in [1.29, 1.82) is 0 Å². The topological polar surface area (TPSA) is 63.0 Å². The molecular weight excluding hydrogens is 352 g/mol. The summed E-state index contributed by atoms with van der Waals surface area (Å²) in [7, 11) is 0. The van der Waals surface area contributed by atoms with Gasteiger partial charge in [0, 0.05) is 32.8 Å². The minimum Gasteiger partial charge on any atom is -0.444 e. The SMILES string of the molecule is O=C(c1ccc(Br)o1)N1CCCN(C(=O)C2CCCO2)CC1. The molecule has 3 rings (SSSR count). The molecule has 1 aromatic rings. The van der Waals surface area contributed by atoms with Crippen LogP contribution in [0.5, 0.6) is 0 Å². The zero-order valence-corrected chi connectivity index (χ0v) is 13.9. The standard InChI is InChI=1S/C15H19BrN2O4/c16-13-5-4-12(22-13)15(20)18-7-2-6-17(8-9-18)14(19)11-3-1-10-21-11/h4-5,11H,1-3,6-10H2. The number of rotatable bonds is 2. The van der Waals surface area contributed by atoms with E-state index in [0.29, 0.717) is 43.2 Å². The van der Waals surface area contributed by atoms with Gasteiger partial charge in [-0.15, -0.1) is 0 Å². The molecule has 0 aliphatic carbocycles. The maximum atomic E-state index is 12.4. The van der Waals surface area contributed by atoms with Crippen LogP contribution < -0.4 is 0 Å². The highest BCUT2D eigenvalue weighted by molar-refractivity contribution is 9.10. The predicted molar refractivity (Wildman–Crippen MR) is 82.5 cm³/mol. The van der Waals surface area contributed by atoms with E-state index in [2.05, 4.69) is 15.9 Å². The summed E-state index contributed by atoms with van der Waals surface area (Å²) in [4.78, 5) is 28.3. The molecule has 2 saturated heterocycles. The van der Waals surface area contributed by atoms with Crippen LogP contribution in [0.4, 0.5) is 0 Å². The maximum absolute atomic E-state index is 12.4. The molecular formula is C15H19BrN2O4. The fourth-order valence-electron chi connectivity index (χ4n) is 2.90. The van der Waals surface area contributed by atoms with Gasteiger partial charge < -0.3 is 19.0 Å². The first kappa shape index (κ1) is 15.6. The van der Waals surface area contributed by atoms with Crippen LogP contribution in [0.1, 0.15) is 29.8 Å². The number of amides is 2. The molecule has 2 aliphatic rings. The Labute approximate surface area is 137 Å². The molecule has 2 fully saturated rings. The molecule has 1 atom stereocenters. The van der Waals surface area contributed by atoms with Gasteiger partial charge in [0.05, 0.1) is 0 Å². The fraction of sp³-hybridized carbons (Fsp3) is 0.600. The molecule has 0 bridgehead atoms. The molecule has 120 valence electrons. The summed E-state index contributed by atoms with van der Waals surface area (Å²) in [6.07, 6.45) is 2.23. The first-order valence-corrected chi connectivity index (χ1v) is 8.39. The highest BCUT2D eigenvalue weighted by Gasteiger charge is 2.30. The molecule has 2 aliphatic heterocycles. The molecule has 1 unspecified atom stereocenters. The number of carbonyl (C=O) groups is 2. The Morgan fingerprint density at radius 1 is 1.09 bits per heavy atom. The van der Waals surface area contributed by atoms with Gasteiger partial charge in [-0.05, 0) is 47.3 Å². The van der Waals surface area contributed by atoms with Crippen molar-refractivity contribution >= 4 is 27.7 Å². The Kier molecular flexibility index (Phi) is 4.83. The third-order valence-electron chi connectivity index (χ3n) is 4.08. The van der Waals surface area contributed by atoms with E-state index >= 15 is 0 Å². The zero-order valence-electron chi connectivity index (χ0n) is 12.3. The van der Waals surface area contributed by atoms with Gasteiger partial charge >= 0.3 is 0 Å². The Bertz CT molecular complexity index is 553.